The normalized spacial score (nSPS) is 32.4. The fraction of sp³-hybridized carbons (Fsp3) is 0.611. The van der Waals surface area contributed by atoms with Crippen LogP contribution in [0.15, 0.2) is 18.3 Å². The van der Waals surface area contributed by atoms with Gasteiger partial charge < -0.3 is 10.1 Å². The number of hydrogen-bond acceptors (Lipinski definition) is 4. The number of amides is 2. The molecular formula is C18H23N3O3. The van der Waals surface area contributed by atoms with Crippen LogP contribution in [0.5, 0.6) is 0 Å². The number of nitrogens with one attached hydrogen (secondary N) is 1. The van der Waals surface area contributed by atoms with Gasteiger partial charge >= 0.3 is 0 Å². The van der Waals surface area contributed by atoms with Crippen LogP contribution in [0.4, 0.5) is 0 Å². The van der Waals surface area contributed by atoms with Crippen LogP contribution in [0.1, 0.15) is 62.5 Å². The first-order chi connectivity index (χ1) is 11.4. The van der Waals surface area contributed by atoms with Crippen molar-refractivity contribution in [2.45, 2.75) is 63.9 Å². The smallest absolute Gasteiger partial charge is 0.271 e. The summed E-state index contributed by atoms with van der Waals surface area (Å²) < 4.78 is 6.41. The number of carbonyl (C=O) groups excluding carboxylic acids is 2. The lowest BCUT2D eigenvalue weighted by molar-refractivity contribution is -0.185. The Morgan fingerprint density at radius 3 is 2.71 bits per heavy atom. The molecule has 1 aliphatic carbocycles. The van der Waals surface area contributed by atoms with Crippen LogP contribution in [-0.4, -0.2) is 33.3 Å². The Hall–Kier alpha value is -1.95. The number of ether oxygens (including phenoxy) is 1. The van der Waals surface area contributed by atoms with E-state index in [0.29, 0.717) is 11.3 Å². The maximum Gasteiger partial charge on any atom is 0.271 e. The monoisotopic (exact) mass is 329 g/mol. The van der Waals surface area contributed by atoms with E-state index in [4.69, 9.17) is 4.74 Å². The lowest BCUT2D eigenvalue weighted by Crippen LogP contribution is -2.57. The number of pyridine rings is 1. The van der Waals surface area contributed by atoms with Crippen molar-refractivity contribution >= 4 is 11.8 Å². The predicted molar refractivity (Wildman–Crippen MR) is 86.8 cm³/mol. The first-order valence-electron chi connectivity index (χ1n) is 8.72. The highest BCUT2D eigenvalue weighted by Gasteiger charge is 2.68. The standard InChI is InChI=1S/C18H23N3O3/c1-11(2)17(3)16(23)20-18(24-12-7-4-5-8-12)14-13(9-6-10-19-14)15(22)21(17)18/h6,9-12H,4-5,7-8H2,1-3H3,(H,20,23). The van der Waals surface area contributed by atoms with Gasteiger partial charge in [-0.2, -0.15) is 0 Å². The van der Waals surface area contributed by atoms with E-state index in [0.717, 1.165) is 25.7 Å². The molecule has 1 N–H and O–H groups in total. The van der Waals surface area contributed by atoms with Gasteiger partial charge in [0, 0.05) is 6.20 Å². The average Bonchev–Trinajstić information content (AvgIpc) is 3.19. The molecule has 3 aliphatic rings. The van der Waals surface area contributed by atoms with Crippen LogP contribution in [0.25, 0.3) is 0 Å². The molecule has 2 fully saturated rings. The largest absolute Gasteiger partial charge is 0.330 e. The molecule has 3 heterocycles. The molecule has 2 unspecified atom stereocenters. The van der Waals surface area contributed by atoms with Crippen LogP contribution in [-0.2, 0) is 15.4 Å². The molecule has 0 bridgehead atoms. The van der Waals surface area contributed by atoms with Crippen LogP contribution in [0, 0.1) is 5.92 Å². The second-order valence-corrected chi connectivity index (χ2v) is 7.46. The fourth-order valence-corrected chi connectivity index (χ4v) is 4.16. The van der Waals surface area contributed by atoms with Gasteiger partial charge in [-0.3, -0.25) is 19.5 Å². The van der Waals surface area contributed by atoms with Crippen molar-refractivity contribution < 1.29 is 14.3 Å². The Morgan fingerprint density at radius 2 is 2.04 bits per heavy atom. The lowest BCUT2D eigenvalue weighted by Gasteiger charge is -2.40. The minimum atomic E-state index is -1.27. The van der Waals surface area contributed by atoms with Crippen molar-refractivity contribution in [1.29, 1.82) is 0 Å². The van der Waals surface area contributed by atoms with Crippen LogP contribution < -0.4 is 5.32 Å². The summed E-state index contributed by atoms with van der Waals surface area (Å²) in [7, 11) is 0. The van der Waals surface area contributed by atoms with Gasteiger partial charge in [0.25, 0.3) is 11.8 Å². The molecule has 0 spiro atoms. The van der Waals surface area contributed by atoms with Crippen LogP contribution in [0.2, 0.25) is 0 Å². The maximum atomic E-state index is 13.1. The van der Waals surface area contributed by atoms with Crippen LogP contribution >= 0.6 is 0 Å². The van der Waals surface area contributed by atoms with Crippen molar-refractivity contribution in [3.63, 3.8) is 0 Å². The number of hydrogen-bond donors (Lipinski definition) is 1. The number of carbonyl (C=O) groups is 2. The quantitative estimate of drug-likeness (QED) is 0.922. The van der Waals surface area contributed by atoms with E-state index >= 15 is 0 Å². The SMILES string of the molecule is CC(C)C1(C)C(=O)NC2(OC3CCCC3)c3ncccc3C(=O)N21. The molecule has 2 atom stereocenters. The average molecular weight is 329 g/mol. The Bertz CT molecular complexity index is 713. The molecule has 6 nitrogen and oxygen atoms in total. The van der Waals surface area contributed by atoms with E-state index in [1.807, 2.05) is 20.8 Å². The zero-order chi connectivity index (χ0) is 17.1. The van der Waals surface area contributed by atoms with Gasteiger partial charge in [-0.15, -0.1) is 0 Å². The van der Waals surface area contributed by atoms with E-state index in [-0.39, 0.29) is 23.8 Å². The highest BCUT2D eigenvalue weighted by molar-refractivity contribution is 6.06. The third kappa shape index (κ3) is 1.77. The summed E-state index contributed by atoms with van der Waals surface area (Å²) in [5, 5.41) is 3.00. The lowest BCUT2D eigenvalue weighted by atomic mass is 9.87. The molecule has 2 amide bonds. The van der Waals surface area contributed by atoms with Gasteiger partial charge in [-0.1, -0.05) is 26.7 Å². The van der Waals surface area contributed by atoms with Gasteiger partial charge in [0.1, 0.15) is 11.2 Å². The van der Waals surface area contributed by atoms with Gasteiger partial charge in [0.05, 0.1) is 11.7 Å². The van der Waals surface area contributed by atoms with E-state index < -0.39 is 11.4 Å². The van der Waals surface area contributed by atoms with Crippen molar-refractivity contribution in [1.82, 2.24) is 15.2 Å². The van der Waals surface area contributed by atoms with Crippen LogP contribution in [0.3, 0.4) is 0 Å². The number of fused-ring (bicyclic) bond motifs is 3. The summed E-state index contributed by atoms with van der Waals surface area (Å²) in [6.07, 6.45) is 5.79. The topological polar surface area (TPSA) is 71.5 Å². The molecule has 0 radical (unpaired) electrons. The molecule has 128 valence electrons. The minimum Gasteiger partial charge on any atom is -0.330 e. The molecule has 24 heavy (non-hydrogen) atoms. The summed E-state index contributed by atoms with van der Waals surface area (Å²) in [5.74, 6) is -1.69. The second kappa shape index (κ2) is 5.02. The van der Waals surface area contributed by atoms with Gasteiger partial charge in [-0.25, -0.2) is 0 Å². The highest BCUT2D eigenvalue weighted by atomic mass is 16.6. The summed E-state index contributed by atoms with van der Waals surface area (Å²) in [5.41, 5.74) is 0.0677. The van der Waals surface area contributed by atoms with Crippen molar-refractivity contribution in [3.8, 4) is 0 Å². The molecular weight excluding hydrogens is 306 g/mol. The maximum absolute atomic E-state index is 13.1. The minimum absolute atomic E-state index is 0.0306. The Morgan fingerprint density at radius 1 is 1.33 bits per heavy atom. The molecule has 1 aromatic heterocycles. The van der Waals surface area contributed by atoms with E-state index in [2.05, 4.69) is 10.3 Å². The molecule has 1 saturated carbocycles. The fourth-order valence-electron chi connectivity index (χ4n) is 4.16. The molecule has 6 heteroatoms. The van der Waals surface area contributed by atoms with Gasteiger partial charge in [0.2, 0.25) is 5.91 Å². The van der Waals surface area contributed by atoms with Gasteiger partial charge in [0.15, 0.2) is 0 Å². The van der Waals surface area contributed by atoms with E-state index in [1.54, 1.807) is 23.2 Å². The zero-order valence-electron chi connectivity index (χ0n) is 14.3. The number of nitrogens with zero attached hydrogens (tertiary/aromatic N) is 2. The van der Waals surface area contributed by atoms with E-state index in [1.165, 1.54) is 0 Å². The second-order valence-electron chi connectivity index (χ2n) is 7.46. The molecule has 4 rings (SSSR count). The molecule has 1 aromatic rings. The highest BCUT2D eigenvalue weighted by Crippen LogP contribution is 2.49. The summed E-state index contributed by atoms with van der Waals surface area (Å²) in [4.78, 5) is 32.0. The van der Waals surface area contributed by atoms with E-state index in [9.17, 15) is 9.59 Å². The molecule has 0 aromatic carbocycles. The Labute approximate surface area is 141 Å². The van der Waals surface area contributed by atoms with Gasteiger partial charge in [-0.05, 0) is 37.8 Å². The zero-order valence-corrected chi connectivity index (χ0v) is 14.3. The molecule has 2 aliphatic heterocycles. The first-order valence-corrected chi connectivity index (χ1v) is 8.72. The first kappa shape index (κ1) is 15.6. The number of aromatic nitrogens is 1. The summed E-state index contributed by atoms with van der Waals surface area (Å²) in [6.45, 7) is 5.72. The Kier molecular flexibility index (Phi) is 3.26. The summed E-state index contributed by atoms with van der Waals surface area (Å²) >= 11 is 0. The third-order valence-electron chi connectivity index (χ3n) is 5.85. The Balaban J connectivity index is 1.88. The third-order valence-corrected chi connectivity index (χ3v) is 5.85. The predicted octanol–water partition coefficient (Wildman–Crippen LogP) is 2.15. The number of rotatable bonds is 3. The van der Waals surface area contributed by atoms with Crippen molar-refractivity contribution in [2.75, 3.05) is 0 Å². The molecule has 1 saturated heterocycles. The van der Waals surface area contributed by atoms with Crippen molar-refractivity contribution in [3.05, 3.63) is 29.6 Å². The summed E-state index contributed by atoms with van der Waals surface area (Å²) in [6, 6.07) is 3.51. The van der Waals surface area contributed by atoms with Crippen molar-refractivity contribution in [2.24, 2.45) is 5.92 Å².